The number of thiophene rings is 1. The van der Waals surface area contributed by atoms with E-state index in [-0.39, 0.29) is 11.9 Å². The van der Waals surface area contributed by atoms with Gasteiger partial charge in [-0.1, -0.05) is 6.07 Å². The molecule has 2 N–H and O–H groups in total. The van der Waals surface area contributed by atoms with Crippen molar-refractivity contribution in [2.45, 2.75) is 25.9 Å². The lowest BCUT2D eigenvalue weighted by Gasteiger charge is -2.26. The summed E-state index contributed by atoms with van der Waals surface area (Å²) >= 11 is 1.67. The van der Waals surface area contributed by atoms with Gasteiger partial charge in [-0.05, 0) is 18.4 Å². The Labute approximate surface area is 122 Å². The normalized spacial score (nSPS) is 16.6. The average Bonchev–Trinajstić information content (AvgIpc) is 3.09. The maximum Gasteiger partial charge on any atom is 0.234 e. The summed E-state index contributed by atoms with van der Waals surface area (Å²) in [7, 11) is 0. The Morgan fingerprint density at radius 3 is 3.35 bits per heavy atom. The third kappa shape index (κ3) is 2.91. The second-order valence-corrected chi connectivity index (χ2v) is 6.12. The summed E-state index contributed by atoms with van der Waals surface area (Å²) in [6.07, 6.45) is 2.79. The number of rotatable bonds is 4. The highest BCUT2D eigenvalue weighted by atomic mass is 32.1. The predicted octanol–water partition coefficient (Wildman–Crippen LogP) is 1.71. The van der Waals surface area contributed by atoms with Crippen LogP contribution in [-0.2, 0) is 17.8 Å². The number of nitrogens with one attached hydrogen (secondary N) is 2. The van der Waals surface area contributed by atoms with Crippen molar-refractivity contribution in [1.82, 2.24) is 20.4 Å². The van der Waals surface area contributed by atoms with E-state index in [9.17, 15) is 4.79 Å². The molecule has 1 atom stereocenters. The van der Waals surface area contributed by atoms with Crippen LogP contribution in [0.5, 0.6) is 0 Å². The van der Waals surface area contributed by atoms with Gasteiger partial charge in [0.25, 0.3) is 0 Å². The van der Waals surface area contributed by atoms with Crippen LogP contribution < -0.4 is 5.32 Å². The Kier molecular flexibility index (Phi) is 3.84. The van der Waals surface area contributed by atoms with Crippen LogP contribution in [-0.4, -0.2) is 34.1 Å². The molecule has 0 radical (unpaired) electrons. The monoisotopic (exact) mass is 290 g/mol. The van der Waals surface area contributed by atoms with Crippen molar-refractivity contribution in [2.24, 2.45) is 0 Å². The number of H-pyrrole nitrogens is 1. The van der Waals surface area contributed by atoms with Crippen LogP contribution in [0.1, 0.15) is 29.1 Å². The molecule has 2 aromatic rings. The largest absolute Gasteiger partial charge is 0.348 e. The van der Waals surface area contributed by atoms with E-state index in [0.717, 1.165) is 19.5 Å². The lowest BCUT2D eigenvalue weighted by Crippen LogP contribution is -2.40. The van der Waals surface area contributed by atoms with Gasteiger partial charge in [-0.3, -0.25) is 14.8 Å². The SMILES string of the molecule is CC(NC(=O)CN1CCc2[nH]ncc2C1)c1cccs1. The molecule has 0 aromatic carbocycles. The highest BCUT2D eigenvalue weighted by Gasteiger charge is 2.20. The molecule has 6 heteroatoms. The lowest BCUT2D eigenvalue weighted by molar-refractivity contribution is -0.123. The number of hydrogen-bond acceptors (Lipinski definition) is 4. The smallest absolute Gasteiger partial charge is 0.234 e. The summed E-state index contributed by atoms with van der Waals surface area (Å²) in [5, 5.41) is 12.1. The standard InChI is InChI=1S/C14H18N4OS/c1-10(13-3-2-6-20-13)16-14(19)9-18-5-4-12-11(8-18)7-15-17-12/h2-3,6-7,10H,4-5,8-9H2,1H3,(H,15,17)(H,16,19). The predicted molar refractivity (Wildman–Crippen MR) is 78.4 cm³/mol. The van der Waals surface area contributed by atoms with Gasteiger partial charge in [0, 0.05) is 35.6 Å². The second-order valence-electron chi connectivity index (χ2n) is 5.14. The maximum atomic E-state index is 12.1. The third-order valence-corrected chi connectivity index (χ3v) is 4.65. The molecule has 0 saturated carbocycles. The summed E-state index contributed by atoms with van der Waals surface area (Å²) in [4.78, 5) is 15.4. The Hall–Kier alpha value is -1.66. The van der Waals surface area contributed by atoms with Gasteiger partial charge in [-0.15, -0.1) is 11.3 Å². The van der Waals surface area contributed by atoms with Gasteiger partial charge in [-0.25, -0.2) is 0 Å². The molecule has 2 aromatic heterocycles. The minimum absolute atomic E-state index is 0.0803. The van der Waals surface area contributed by atoms with Crippen molar-refractivity contribution >= 4 is 17.2 Å². The summed E-state index contributed by atoms with van der Waals surface area (Å²) in [6, 6.07) is 4.14. The van der Waals surface area contributed by atoms with Crippen LogP contribution in [0.25, 0.3) is 0 Å². The number of aromatic amines is 1. The molecule has 1 unspecified atom stereocenters. The molecule has 0 bridgehead atoms. The van der Waals surface area contributed by atoms with Gasteiger partial charge < -0.3 is 5.32 Å². The molecule has 1 aliphatic rings. The molecular formula is C14H18N4OS. The van der Waals surface area contributed by atoms with Crippen LogP contribution in [0, 0.1) is 0 Å². The van der Waals surface area contributed by atoms with Crippen LogP contribution in [0.4, 0.5) is 0 Å². The van der Waals surface area contributed by atoms with Crippen molar-refractivity contribution < 1.29 is 4.79 Å². The van der Waals surface area contributed by atoms with Gasteiger partial charge in [-0.2, -0.15) is 5.10 Å². The quantitative estimate of drug-likeness (QED) is 0.901. The maximum absolute atomic E-state index is 12.1. The van der Waals surface area contributed by atoms with E-state index in [1.165, 1.54) is 16.1 Å². The fourth-order valence-corrected chi connectivity index (χ4v) is 3.25. The van der Waals surface area contributed by atoms with Crippen LogP contribution in [0.15, 0.2) is 23.7 Å². The Balaban J connectivity index is 1.52. The van der Waals surface area contributed by atoms with Crippen molar-refractivity contribution in [3.05, 3.63) is 39.8 Å². The van der Waals surface area contributed by atoms with E-state index in [1.54, 1.807) is 11.3 Å². The van der Waals surface area contributed by atoms with E-state index in [1.807, 2.05) is 30.6 Å². The van der Waals surface area contributed by atoms with Crippen molar-refractivity contribution in [3.63, 3.8) is 0 Å². The van der Waals surface area contributed by atoms with E-state index in [4.69, 9.17) is 0 Å². The first-order valence-corrected chi connectivity index (χ1v) is 7.66. The van der Waals surface area contributed by atoms with E-state index in [0.29, 0.717) is 6.54 Å². The summed E-state index contributed by atoms with van der Waals surface area (Å²) < 4.78 is 0. The summed E-state index contributed by atoms with van der Waals surface area (Å²) in [6.45, 7) is 4.16. The highest BCUT2D eigenvalue weighted by Crippen LogP contribution is 2.18. The van der Waals surface area contributed by atoms with Crippen molar-refractivity contribution in [3.8, 4) is 0 Å². The molecule has 5 nitrogen and oxygen atoms in total. The van der Waals surface area contributed by atoms with Crippen LogP contribution in [0.2, 0.25) is 0 Å². The number of carbonyl (C=O) groups is 1. The Morgan fingerprint density at radius 1 is 1.65 bits per heavy atom. The molecule has 3 rings (SSSR count). The second kappa shape index (κ2) is 5.76. The van der Waals surface area contributed by atoms with E-state index >= 15 is 0 Å². The zero-order valence-corrected chi connectivity index (χ0v) is 12.2. The topological polar surface area (TPSA) is 61.0 Å². The number of carbonyl (C=O) groups excluding carboxylic acids is 1. The fraction of sp³-hybridized carbons (Fsp3) is 0.429. The van der Waals surface area contributed by atoms with Crippen molar-refractivity contribution in [1.29, 1.82) is 0 Å². The zero-order chi connectivity index (χ0) is 13.9. The van der Waals surface area contributed by atoms with Gasteiger partial charge in [0.2, 0.25) is 5.91 Å². The summed E-state index contributed by atoms with van der Waals surface area (Å²) in [5.74, 6) is 0.0813. The van der Waals surface area contributed by atoms with Gasteiger partial charge in [0.15, 0.2) is 0 Å². The molecular weight excluding hydrogens is 272 g/mol. The first kappa shape index (κ1) is 13.3. The zero-order valence-electron chi connectivity index (χ0n) is 11.4. The molecule has 106 valence electrons. The number of fused-ring (bicyclic) bond motifs is 1. The van der Waals surface area contributed by atoms with Crippen molar-refractivity contribution in [2.75, 3.05) is 13.1 Å². The molecule has 1 aliphatic heterocycles. The molecule has 0 aliphatic carbocycles. The number of hydrogen-bond donors (Lipinski definition) is 2. The molecule has 0 fully saturated rings. The van der Waals surface area contributed by atoms with Gasteiger partial charge in [0.05, 0.1) is 18.8 Å². The molecule has 0 saturated heterocycles. The molecule has 3 heterocycles. The molecule has 0 spiro atoms. The number of aromatic nitrogens is 2. The van der Waals surface area contributed by atoms with Crippen LogP contribution >= 0.6 is 11.3 Å². The third-order valence-electron chi connectivity index (χ3n) is 3.59. The van der Waals surface area contributed by atoms with Gasteiger partial charge >= 0.3 is 0 Å². The average molecular weight is 290 g/mol. The Bertz CT molecular complexity index is 578. The van der Waals surface area contributed by atoms with E-state index in [2.05, 4.69) is 20.4 Å². The number of nitrogens with zero attached hydrogens (tertiary/aromatic N) is 2. The minimum atomic E-state index is 0.0803. The van der Waals surface area contributed by atoms with Gasteiger partial charge in [0.1, 0.15) is 0 Å². The lowest BCUT2D eigenvalue weighted by atomic mass is 10.1. The number of amides is 1. The first-order valence-electron chi connectivity index (χ1n) is 6.78. The van der Waals surface area contributed by atoms with Crippen LogP contribution in [0.3, 0.4) is 0 Å². The molecule has 20 heavy (non-hydrogen) atoms. The summed E-state index contributed by atoms with van der Waals surface area (Å²) in [5.41, 5.74) is 2.41. The highest BCUT2D eigenvalue weighted by molar-refractivity contribution is 7.10. The molecule has 1 amide bonds. The van der Waals surface area contributed by atoms with E-state index < -0.39 is 0 Å². The Morgan fingerprint density at radius 2 is 2.55 bits per heavy atom. The fourth-order valence-electron chi connectivity index (χ4n) is 2.51. The first-order chi connectivity index (χ1) is 9.72. The minimum Gasteiger partial charge on any atom is -0.348 e.